The lowest BCUT2D eigenvalue weighted by molar-refractivity contribution is 1.46. The van der Waals surface area contributed by atoms with Crippen LogP contribution in [0, 0.1) is 13.8 Å². The van der Waals surface area contributed by atoms with Crippen molar-refractivity contribution in [1.82, 2.24) is 0 Å². The minimum absolute atomic E-state index is 1.18. The molecule has 2 rings (SSSR count). The Labute approximate surface area is 110 Å². The van der Waals surface area contributed by atoms with Crippen molar-refractivity contribution in [3.8, 4) is 0 Å². The minimum atomic E-state index is 1.18. The van der Waals surface area contributed by atoms with Gasteiger partial charge in [0.25, 0.3) is 0 Å². The lowest BCUT2D eigenvalue weighted by Crippen LogP contribution is -1.71. The van der Waals surface area contributed by atoms with Crippen LogP contribution in [0.5, 0.6) is 0 Å². The average molecular weight is 236 g/mol. The van der Waals surface area contributed by atoms with E-state index < -0.39 is 0 Å². The molecule has 0 aliphatic heterocycles. The molecule has 0 radical (unpaired) electrons. The van der Waals surface area contributed by atoms with Crippen molar-refractivity contribution in [3.63, 3.8) is 0 Å². The van der Waals surface area contributed by atoms with Crippen molar-refractivity contribution in [3.05, 3.63) is 83.9 Å². The van der Waals surface area contributed by atoms with Crippen LogP contribution in [0.3, 0.4) is 0 Å². The van der Waals surface area contributed by atoms with E-state index in [4.69, 9.17) is 0 Å². The summed E-state index contributed by atoms with van der Waals surface area (Å²) in [5, 5.41) is 0. The number of rotatable bonds is 2. The van der Waals surface area contributed by atoms with Gasteiger partial charge in [0.15, 0.2) is 0 Å². The van der Waals surface area contributed by atoms with E-state index >= 15 is 0 Å². The lowest BCUT2D eigenvalue weighted by Gasteiger charge is -1.91. The van der Waals surface area contributed by atoms with Crippen LogP contribution < -0.4 is 0 Å². The van der Waals surface area contributed by atoms with Crippen molar-refractivity contribution in [2.45, 2.75) is 13.8 Å². The topological polar surface area (TPSA) is 0 Å². The van der Waals surface area contributed by atoms with Crippen LogP contribution in [0.4, 0.5) is 0 Å². The molecule has 0 nitrogen and oxygen atoms in total. The maximum absolute atomic E-state index is 3.66. The molecule has 0 aliphatic carbocycles. The van der Waals surface area contributed by atoms with Crippen LogP contribution in [0.15, 0.2) is 61.7 Å². The second kappa shape index (κ2) is 7.29. The van der Waals surface area contributed by atoms with E-state index in [1.807, 2.05) is 12.2 Å². The summed E-state index contributed by atoms with van der Waals surface area (Å²) in [6.45, 7) is 11.5. The zero-order valence-electron chi connectivity index (χ0n) is 11.2. The number of aryl methyl sites for hydroxylation is 2. The third-order valence-corrected chi connectivity index (χ3v) is 2.63. The number of hydrogen-bond acceptors (Lipinski definition) is 0. The maximum atomic E-state index is 3.66. The molecule has 0 aliphatic rings. The minimum Gasteiger partial charge on any atom is -0.0985 e. The molecule has 2 aromatic carbocycles. The van der Waals surface area contributed by atoms with Crippen molar-refractivity contribution in [1.29, 1.82) is 0 Å². The van der Waals surface area contributed by atoms with Crippen LogP contribution in [0.1, 0.15) is 22.3 Å². The van der Waals surface area contributed by atoms with Gasteiger partial charge in [-0.1, -0.05) is 85.0 Å². The molecule has 0 spiro atoms. The van der Waals surface area contributed by atoms with E-state index in [1.54, 1.807) is 0 Å². The van der Waals surface area contributed by atoms with Crippen LogP contribution in [-0.2, 0) is 0 Å². The van der Waals surface area contributed by atoms with E-state index in [0.717, 1.165) is 0 Å². The van der Waals surface area contributed by atoms with Crippen molar-refractivity contribution in [2.75, 3.05) is 0 Å². The molecule has 0 aromatic heterocycles. The van der Waals surface area contributed by atoms with Gasteiger partial charge in [-0.2, -0.15) is 0 Å². The molecule has 0 saturated heterocycles. The molecule has 0 N–H and O–H groups in total. The molecule has 0 heterocycles. The Balaban J connectivity index is 0.000000180. The lowest BCUT2D eigenvalue weighted by atomic mass is 10.2. The Kier molecular flexibility index (Phi) is 5.66. The molecule has 18 heavy (non-hydrogen) atoms. The van der Waals surface area contributed by atoms with Crippen LogP contribution in [0.2, 0.25) is 0 Å². The number of benzene rings is 2. The third kappa shape index (κ3) is 4.84. The van der Waals surface area contributed by atoms with Gasteiger partial charge in [0, 0.05) is 0 Å². The van der Waals surface area contributed by atoms with Gasteiger partial charge in [-0.05, 0) is 25.0 Å². The summed E-state index contributed by atoms with van der Waals surface area (Å²) < 4.78 is 0. The summed E-state index contributed by atoms with van der Waals surface area (Å²) in [4.78, 5) is 0. The van der Waals surface area contributed by atoms with Gasteiger partial charge in [0.05, 0.1) is 0 Å². The monoisotopic (exact) mass is 236 g/mol. The summed E-state index contributed by atoms with van der Waals surface area (Å²) in [6, 6.07) is 16.6. The van der Waals surface area contributed by atoms with Gasteiger partial charge < -0.3 is 0 Å². The molecule has 0 amide bonds. The molecule has 0 saturated carbocycles. The van der Waals surface area contributed by atoms with Crippen molar-refractivity contribution in [2.24, 2.45) is 0 Å². The van der Waals surface area contributed by atoms with E-state index in [9.17, 15) is 0 Å². The molecule has 0 atom stereocenters. The third-order valence-electron chi connectivity index (χ3n) is 2.63. The van der Waals surface area contributed by atoms with Gasteiger partial charge in [0.1, 0.15) is 0 Å². The Morgan fingerprint density at radius 3 is 1.11 bits per heavy atom. The highest BCUT2D eigenvalue weighted by Crippen LogP contribution is 2.03. The number of hydrogen-bond donors (Lipinski definition) is 0. The van der Waals surface area contributed by atoms with E-state index in [-0.39, 0.29) is 0 Å². The van der Waals surface area contributed by atoms with Crippen molar-refractivity contribution >= 4 is 12.2 Å². The highest BCUT2D eigenvalue weighted by molar-refractivity contribution is 5.47. The Morgan fingerprint density at radius 1 is 0.611 bits per heavy atom. The fourth-order valence-corrected chi connectivity index (χ4v) is 1.41. The quantitative estimate of drug-likeness (QED) is 0.665. The Morgan fingerprint density at radius 2 is 0.889 bits per heavy atom. The standard InChI is InChI=1S/2C9H10/c2*1-3-9-6-4-8(2)5-7-9/h2*3-7H,1H2,2H3. The van der Waals surface area contributed by atoms with Gasteiger partial charge in [-0.3, -0.25) is 0 Å². The first-order valence-corrected chi connectivity index (χ1v) is 6.04. The molecule has 0 unspecified atom stereocenters. The smallest absolute Gasteiger partial charge is 0.0262 e. The van der Waals surface area contributed by atoms with Gasteiger partial charge in [-0.15, -0.1) is 0 Å². The Hall–Kier alpha value is -2.08. The predicted molar refractivity (Wildman–Crippen MR) is 82.5 cm³/mol. The summed E-state index contributed by atoms with van der Waals surface area (Å²) in [7, 11) is 0. The molecule has 0 fully saturated rings. The zero-order valence-corrected chi connectivity index (χ0v) is 11.2. The first-order chi connectivity index (χ1) is 8.65. The van der Waals surface area contributed by atoms with Gasteiger partial charge in [-0.25, -0.2) is 0 Å². The molecule has 92 valence electrons. The van der Waals surface area contributed by atoms with Crippen LogP contribution in [0.25, 0.3) is 12.2 Å². The van der Waals surface area contributed by atoms with E-state index in [1.165, 1.54) is 22.3 Å². The van der Waals surface area contributed by atoms with Crippen molar-refractivity contribution < 1.29 is 0 Å². The molecular weight excluding hydrogens is 216 g/mol. The summed E-state index contributed by atoms with van der Waals surface area (Å²) >= 11 is 0. The largest absolute Gasteiger partial charge is 0.0985 e. The predicted octanol–water partition coefficient (Wildman–Crippen LogP) is 5.28. The molecular formula is C18H20. The van der Waals surface area contributed by atoms with E-state index in [0.29, 0.717) is 0 Å². The second-order valence-electron chi connectivity index (χ2n) is 4.23. The maximum Gasteiger partial charge on any atom is -0.0262 e. The highest BCUT2D eigenvalue weighted by atomic mass is 13.9. The highest BCUT2D eigenvalue weighted by Gasteiger charge is 1.83. The van der Waals surface area contributed by atoms with Gasteiger partial charge >= 0.3 is 0 Å². The second-order valence-corrected chi connectivity index (χ2v) is 4.23. The first-order valence-electron chi connectivity index (χ1n) is 6.04. The molecule has 2 aromatic rings. The normalized spacial score (nSPS) is 9.00. The fourth-order valence-electron chi connectivity index (χ4n) is 1.41. The SMILES string of the molecule is C=Cc1ccc(C)cc1.C=Cc1ccc(C)cc1. The first kappa shape index (κ1) is 14.0. The van der Waals surface area contributed by atoms with Crippen LogP contribution >= 0.6 is 0 Å². The summed E-state index contributed by atoms with van der Waals surface area (Å²) in [6.07, 6.45) is 3.69. The molecule has 0 bridgehead atoms. The molecule has 0 heteroatoms. The Bertz CT molecular complexity index is 437. The average Bonchev–Trinajstić information content (AvgIpc) is 2.41. The van der Waals surface area contributed by atoms with E-state index in [2.05, 4.69) is 75.5 Å². The summed E-state index contributed by atoms with van der Waals surface area (Å²) in [5.41, 5.74) is 4.95. The van der Waals surface area contributed by atoms with Gasteiger partial charge in [0.2, 0.25) is 0 Å². The fraction of sp³-hybridized carbons (Fsp3) is 0.111. The zero-order chi connectivity index (χ0) is 13.4. The summed E-state index contributed by atoms with van der Waals surface area (Å²) in [5.74, 6) is 0. The van der Waals surface area contributed by atoms with Crippen LogP contribution in [-0.4, -0.2) is 0 Å².